The zero-order chi connectivity index (χ0) is 21.0. The first-order valence-corrected chi connectivity index (χ1v) is 9.91. The fraction of sp³-hybridized carbons (Fsp3) is 0.435. The Balaban J connectivity index is 1.75. The largest absolute Gasteiger partial charge is 0.487 e. The summed E-state index contributed by atoms with van der Waals surface area (Å²) in [7, 11) is 3.90. The van der Waals surface area contributed by atoms with E-state index in [1.54, 1.807) is 23.1 Å². The van der Waals surface area contributed by atoms with Crippen molar-refractivity contribution in [3.05, 3.63) is 65.0 Å². The second kappa shape index (κ2) is 8.93. The molecule has 1 atom stereocenters. The van der Waals surface area contributed by atoms with Crippen LogP contribution >= 0.6 is 0 Å². The number of ether oxygens (including phenoxy) is 1. The molecule has 3 rings (SSSR count). The summed E-state index contributed by atoms with van der Waals surface area (Å²) >= 11 is 0. The molecule has 0 fully saturated rings. The predicted molar refractivity (Wildman–Crippen MR) is 111 cm³/mol. The van der Waals surface area contributed by atoms with Gasteiger partial charge in [-0.3, -0.25) is 4.79 Å². The van der Waals surface area contributed by atoms with Gasteiger partial charge in [0.25, 0.3) is 5.91 Å². The fourth-order valence-electron chi connectivity index (χ4n) is 3.74. The molecule has 156 valence electrons. The Bertz CT molecular complexity index is 871. The van der Waals surface area contributed by atoms with Crippen molar-refractivity contribution < 1.29 is 19.0 Å². The molecule has 0 unspecified atom stereocenters. The molecule has 0 aliphatic carbocycles. The number of halogens is 1. The van der Waals surface area contributed by atoms with Gasteiger partial charge in [0.05, 0.1) is 6.61 Å². The van der Waals surface area contributed by atoms with E-state index in [0.717, 1.165) is 17.9 Å². The molecular formula is C23H29FN2O3. The average Bonchev–Trinajstić information content (AvgIpc) is 3.01. The van der Waals surface area contributed by atoms with Crippen molar-refractivity contribution in [1.29, 1.82) is 0 Å². The Morgan fingerprint density at radius 1 is 1.17 bits per heavy atom. The van der Waals surface area contributed by atoms with E-state index in [1.165, 1.54) is 6.07 Å². The fourth-order valence-corrected chi connectivity index (χ4v) is 3.74. The van der Waals surface area contributed by atoms with E-state index < -0.39 is 5.60 Å². The standard InChI is InChI=1S/C23H29FN2O3/c1-23(15-18-6-4-5-7-20(18)24)16-19-14-17(8-9-21(19)29-23)22(28)26(12-13-27)11-10-25(2)3/h4-9,14,27H,10-13,15-16H2,1-3H3/t23-/m1/s1. The summed E-state index contributed by atoms with van der Waals surface area (Å²) < 4.78 is 20.2. The van der Waals surface area contributed by atoms with Crippen molar-refractivity contribution in [2.75, 3.05) is 40.3 Å². The lowest BCUT2D eigenvalue weighted by atomic mass is 9.91. The third-order valence-corrected chi connectivity index (χ3v) is 5.22. The number of benzene rings is 2. The molecule has 0 spiro atoms. The summed E-state index contributed by atoms with van der Waals surface area (Å²) in [5.41, 5.74) is 1.60. The summed E-state index contributed by atoms with van der Waals surface area (Å²) in [5, 5.41) is 9.33. The van der Waals surface area contributed by atoms with Crippen molar-refractivity contribution in [1.82, 2.24) is 9.80 Å². The highest BCUT2D eigenvalue weighted by molar-refractivity contribution is 5.94. The molecule has 0 bridgehead atoms. The maximum atomic E-state index is 14.1. The van der Waals surface area contributed by atoms with Crippen molar-refractivity contribution in [2.45, 2.75) is 25.4 Å². The van der Waals surface area contributed by atoms with Gasteiger partial charge in [0, 0.05) is 38.0 Å². The molecule has 29 heavy (non-hydrogen) atoms. The minimum absolute atomic E-state index is 0.0755. The molecule has 6 heteroatoms. The summed E-state index contributed by atoms with van der Waals surface area (Å²) in [6.07, 6.45) is 1.06. The van der Waals surface area contributed by atoms with Crippen LogP contribution in [0, 0.1) is 5.82 Å². The van der Waals surface area contributed by atoms with Crippen LogP contribution in [0.3, 0.4) is 0 Å². The molecule has 1 aliphatic rings. The van der Waals surface area contributed by atoms with E-state index in [9.17, 15) is 14.3 Å². The van der Waals surface area contributed by atoms with Gasteiger partial charge >= 0.3 is 0 Å². The molecule has 1 N–H and O–H groups in total. The van der Waals surface area contributed by atoms with Crippen molar-refractivity contribution in [3.8, 4) is 5.75 Å². The van der Waals surface area contributed by atoms with Gasteiger partial charge in [-0.05, 0) is 56.4 Å². The van der Waals surface area contributed by atoms with Gasteiger partial charge in [-0.15, -0.1) is 0 Å². The highest BCUT2D eigenvalue weighted by atomic mass is 19.1. The van der Waals surface area contributed by atoms with Crippen LogP contribution in [0.25, 0.3) is 0 Å². The highest BCUT2D eigenvalue weighted by Gasteiger charge is 2.36. The lowest BCUT2D eigenvalue weighted by molar-refractivity contribution is 0.0710. The Labute approximate surface area is 171 Å². The summed E-state index contributed by atoms with van der Waals surface area (Å²) in [5.74, 6) is 0.401. The van der Waals surface area contributed by atoms with Crippen LogP contribution in [-0.2, 0) is 12.8 Å². The van der Waals surface area contributed by atoms with Crippen molar-refractivity contribution >= 4 is 5.91 Å². The average molecular weight is 400 g/mol. The van der Waals surface area contributed by atoms with Gasteiger partial charge in [-0.1, -0.05) is 18.2 Å². The smallest absolute Gasteiger partial charge is 0.253 e. The maximum absolute atomic E-state index is 14.1. The molecule has 1 heterocycles. The quantitative estimate of drug-likeness (QED) is 0.740. The van der Waals surface area contributed by atoms with Gasteiger partial charge in [0.2, 0.25) is 0 Å². The monoisotopic (exact) mass is 400 g/mol. The second-order valence-electron chi connectivity index (χ2n) is 8.14. The summed E-state index contributed by atoms with van der Waals surface area (Å²) in [6.45, 7) is 3.46. The van der Waals surface area contributed by atoms with Crippen LogP contribution in [0.1, 0.15) is 28.4 Å². The third-order valence-electron chi connectivity index (χ3n) is 5.22. The lowest BCUT2D eigenvalue weighted by Gasteiger charge is -2.24. The van der Waals surface area contributed by atoms with Crippen LogP contribution in [-0.4, -0.2) is 66.8 Å². The van der Waals surface area contributed by atoms with Crippen LogP contribution in [0.5, 0.6) is 5.75 Å². The van der Waals surface area contributed by atoms with Crippen LogP contribution in [0.4, 0.5) is 4.39 Å². The first-order chi connectivity index (χ1) is 13.8. The number of aliphatic hydroxyl groups excluding tert-OH is 1. The molecule has 1 aliphatic heterocycles. The van der Waals surface area contributed by atoms with Gasteiger partial charge in [-0.25, -0.2) is 4.39 Å². The number of carbonyl (C=O) groups is 1. The summed E-state index contributed by atoms with van der Waals surface area (Å²) in [6, 6.07) is 12.2. The minimum Gasteiger partial charge on any atom is -0.487 e. The maximum Gasteiger partial charge on any atom is 0.253 e. The third kappa shape index (κ3) is 5.14. The number of amides is 1. The Morgan fingerprint density at radius 2 is 1.93 bits per heavy atom. The zero-order valence-electron chi connectivity index (χ0n) is 17.3. The number of fused-ring (bicyclic) bond motifs is 1. The molecule has 0 saturated carbocycles. The SMILES string of the molecule is CN(C)CCN(CCO)C(=O)c1ccc2c(c1)C[C@@](C)(Cc1ccccc1F)O2. The number of hydrogen-bond acceptors (Lipinski definition) is 4. The normalized spacial score (nSPS) is 17.9. The first kappa shape index (κ1) is 21.3. The van der Waals surface area contributed by atoms with Crippen LogP contribution in [0.15, 0.2) is 42.5 Å². The molecule has 0 radical (unpaired) electrons. The molecular weight excluding hydrogens is 371 g/mol. The second-order valence-corrected chi connectivity index (χ2v) is 8.14. The molecule has 2 aromatic rings. The van der Waals surface area contributed by atoms with E-state index in [2.05, 4.69) is 0 Å². The molecule has 5 nitrogen and oxygen atoms in total. The molecule has 1 amide bonds. The molecule has 0 saturated heterocycles. The van der Waals surface area contributed by atoms with Gasteiger partial charge < -0.3 is 19.6 Å². The number of likely N-dealkylation sites (N-methyl/N-ethyl adjacent to an activating group) is 1. The van der Waals surface area contributed by atoms with Crippen molar-refractivity contribution in [2.24, 2.45) is 0 Å². The highest BCUT2D eigenvalue weighted by Crippen LogP contribution is 2.38. The zero-order valence-corrected chi connectivity index (χ0v) is 17.3. The van der Waals surface area contributed by atoms with E-state index in [-0.39, 0.29) is 18.3 Å². The van der Waals surface area contributed by atoms with Gasteiger partial charge in [-0.2, -0.15) is 0 Å². The first-order valence-electron chi connectivity index (χ1n) is 9.91. The number of nitrogens with zero attached hydrogens (tertiary/aromatic N) is 2. The lowest BCUT2D eigenvalue weighted by Crippen LogP contribution is -2.38. The Morgan fingerprint density at radius 3 is 2.62 bits per heavy atom. The number of aliphatic hydroxyl groups is 1. The van der Waals surface area contributed by atoms with Gasteiger partial charge in [0.1, 0.15) is 17.2 Å². The molecule has 0 aromatic heterocycles. The van der Waals surface area contributed by atoms with Gasteiger partial charge in [0.15, 0.2) is 0 Å². The number of rotatable bonds is 8. The number of carbonyl (C=O) groups excluding carboxylic acids is 1. The van der Waals surface area contributed by atoms with Crippen LogP contribution in [0.2, 0.25) is 0 Å². The predicted octanol–water partition coefficient (Wildman–Crippen LogP) is 2.76. The number of hydrogen-bond donors (Lipinski definition) is 1. The molecule has 2 aromatic carbocycles. The Hall–Kier alpha value is -2.44. The minimum atomic E-state index is -0.554. The van der Waals surface area contributed by atoms with E-state index in [0.29, 0.717) is 37.1 Å². The van der Waals surface area contributed by atoms with Crippen LogP contribution < -0.4 is 4.74 Å². The summed E-state index contributed by atoms with van der Waals surface area (Å²) in [4.78, 5) is 16.6. The Kier molecular flexibility index (Phi) is 6.55. The van der Waals surface area contributed by atoms with E-state index in [1.807, 2.05) is 44.1 Å². The topological polar surface area (TPSA) is 53.0 Å². The van der Waals surface area contributed by atoms with Crippen molar-refractivity contribution in [3.63, 3.8) is 0 Å². The van der Waals surface area contributed by atoms with E-state index in [4.69, 9.17) is 4.74 Å². The van der Waals surface area contributed by atoms with E-state index >= 15 is 0 Å².